The van der Waals surface area contributed by atoms with E-state index in [1.165, 1.54) is 5.56 Å². The number of nitrogen functional groups attached to an aromatic ring is 1. The molecule has 0 aliphatic rings. The average molecular weight is 256 g/mol. The summed E-state index contributed by atoms with van der Waals surface area (Å²) >= 11 is 0. The Morgan fingerprint density at radius 1 is 1.11 bits per heavy atom. The fourth-order valence-electron chi connectivity index (χ4n) is 1.79. The molecule has 0 bridgehead atoms. The molecular weight excluding hydrogens is 236 g/mol. The Hall–Kier alpha value is -2.16. The maximum Gasteiger partial charge on any atom is 0.121 e. The maximum atomic E-state index is 5.67. The quantitative estimate of drug-likeness (QED) is 0.802. The summed E-state index contributed by atoms with van der Waals surface area (Å²) in [6.45, 7) is 4.81. The number of ether oxygens (including phenoxy) is 1. The highest BCUT2D eigenvalue weighted by atomic mass is 16.5. The molecular formula is C16H20N2O. The number of anilines is 2. The molecule has 0 saturated carbocycles. The Morgan fingerprint density at radius 2 is 1.84 bits per heavy atom. The zero-order valence-electron chi connectivity index (χ0n) is 11.4. The van der Waals surface area contributed by atoms with Crippen LogP contribution < -0.4 is 15.8 Å². The van der Waals surface area contributed by atoms with Crippen molar-refractivity contribution in [3.05, 3.63) is 54.1 Å². The molecule has 100 valence electrons. The van der Waals surface area contributed by atoms with Crippen molar-refractivity contribution in [3.8, 4) is 5.75 Å². The van der Waals surface area contributed by atoms with Crippen molar-refractivity contribution in [2.75, 3.05) is 11.1 Å². The minimum atomic E-state index is 0.187. The van der Waals surface area contributed by atoms with Crippen molar-refractivity contribution >= 4 is 11.4 Å². The molecule has 3 N–H and O–H groups in total. The molecule has 0 aliphatic carbocycles. The number of hydrogen-bond donors (Lipinski definition) is 2. The summed E-state index contributed by atoms with van der Waals surface area (Å²) in [6.07, 6.45) is 0.187. The third kappa shape index (κ3) is 4.21. The Kier molecular flexibility index (Phi) is 4.29. The third-order valence-electron chi connectivity index (χ3n) is 2.68. The Balaban J connectivity index is 1.97. The van der Waals surface area contributed by atoms with Gasteiger partial charge in [-0.1, -0.05) is 18.2 Å². The van der Waals surface area contributed by atoms with Crippen LogP contribution in [0.25, 0.3) is 0 Å². The third-order valence-corrected chi connectivity index (χ3v) is 2.68. The monoisotopic (exact) mass is 256 g/mol. The van der Waals surface area contributed by atoms with E-state index in [4.69, 9.17) is 10.5 Å². The molecule has 0 amide bonds. The summed E-state index contributed by atoms with van der Waals surface area (Å²) in [5, 5.41) is 3.37. The number of hydrogen-bond acceptors (Lipinski definition) is 3. The van der Waals surface area contributed by atoms with Crippen molar-refractivity contribution in [2.24, 2.45) is 0 Å². The molecule has 0 aliphatic heterocycles. The summed E-state index contributed by atoms with van der Waals surface area (Å²) in [5.74, 6) is 0.886. The van der Waals surface area contributed by atoms with Crippen LogP contribution in [-0.2, 0) is 6.54 Å². The lowest BCUT2D eigenvalue weighted by Gasteiger charge is -2.12. The minimum Gasteiger partial charge on any atom is -0.491 e. The van der Waals surface area contributed by atoms with E-state index in [1.54, 1.807) is 0 Å². The second kappa shape index (κ2) is 6.14. The first kappa shape index (κ1) is 13.3. The van der Waals surface area contributed by atoms with E-state index in [-0.39, 0.29) is 6.10 Å². The zero-order chi connectivity index (χ0) is 13.7. The first-order valence-corrected chi connectivity index (χ1v) is 6.48. The molecule has 0 heterocycles. The molecule has 3 heteroatoms. The molecule has 0 aromatic heterocycles. The SMILES string of the molecule is CC(C)Oc1cccc(NCc2ccc(N)cc2)c1. The summed E-state index contributed by atoms with van der Waals surface area (Å²) in [6, 6.07) is 15.9. The largest absolute Gasteiger partial charge is 0.491 e. The van der Waals surface area contributed by atoms with Crippen LogP contribution in [0.15, 0.2) is 48.5 Å². The van der Waals surface area contributed by atoms with E-state index in [2.05, 4.69) is 5.32 Å². The molecule has 2 aromatic rings. The summed E-state index contributed by atoms with van der Waals surface area (Å²) in [4.78, 5) is 0. The maximum absolute atomic E-state index is 5.67. The van der Waals surface area contributed by atoms with Crippen LogP contribution in [0.1, 0.15) is 19.4 Å². The van der Waals surface area contributed by atoms with Crippen molar-refractivity contribution in [2.45, 2.75) is 26.5 Å². The highest BCUT2D eigenvalue weighted by Crippen LogP contribution is 2.19. The van der Waals surface area contributed by atoms with E-state index in [0.29, 0.717) is 0 Å². The molecule has 0 fully saturated rings. The van der Waals surface area contributed by atoms with E-state index < -0.39 is 0 Å². The highest BCUT2D eigenvalue weighted by Gasteiger charge is 1.99. The van der Waals surface area contributed by atoms with Crippen molar-refractivity contribution in [3.63, 3.8) is 0 Å². The molecule has 2 rings (SSSR count). The molecule has 0 saturated heterocycles. The van der Waals surface area contributed by atoms with E-state index in [0.717, 1.165) is 23.7 Å². The first-order valence-electron chi connectivity index (χ1n) is 6.48. The number of benzene rings is 2. The van der Waals surface area contributed by atoms with Crippen LogP contribution >= 0.6 is 0 Å². The highest BCUT2D eigenvalue weighted by molar-refractivity contribution is 5.49. The van der Waals surface area contributed by atoms with Gasteiger partial charge in [0, 0.05) is 24.0 Å². The second-order valence-corrected chi connectivity index (χ2v) is 4.79. The van der Waals surface area contributed by atoms with Crippen LogP contribution in [0.4, 0.5) is 11.4 Å². The number of nitrogens with one attached hydrogen (secondary N) is 1. The fourth-order valence-corrected chi connectivity index (χ4v) is 1.79. The predicted octanol–water partition coefficient (Wildman–Crippen LogP) is 3.67. The van der Waals surface area contributed by atoms with E-state index in [9.17, 15) is 0 Å². The molecule has 0 atom stereocenters. The van der Waals surface area contributed by atoms with Crippen LogP contribution in [0.5, 0.6) is 5.75 Å². The topological polar surface area (TPSA) is 47.3 Å². The summed E-state index contributed by atoms with van der Waals surface area (Å²) in [5.41, 5.74) is 8.70. The molecule has 0 radical (unpaired) electrons. The summed E-state index contributed by atoms with van der Waals surface area (Å²) in [7, 11) is 0. The van der Waals surface area contributed by atoms with Gasteiger partial charge in [0.05, 0.1) is 6.10 Å². The van der Waals surface area contributed by atoms with Gasteiger partial charge < -0.3 is 15.8 Å². The lowest BCUT2D eigenvalue weighted by molar-refractivity contribution is 0.242. The van der Waals surface area contributed by atoms with E-state index >= 15 is 0 Å². The van der Waals surface area contributed by atoms with Crippen LogP contribution in [0.2, 0.25) is 0 Å². The lowest BCUT2D eigenvalue weighted by atomic mass is 10.2. The van der Waals surface area contributed by atoms with E-state index in [1.807, 2.05) is 62.4 Å². The molecule has 3 nitrogen and oxygen atoms in total. The van der Waals surface area contributed by atoms with Crippen molar-refractivity contribution in [1.82, 2.24) is 0 Å². The van der Waals surface area contributed by atoms with Gasteiger partial charge in [-0.25, -0.2) is 0 Å². The summed E-state index contributed by atoms with van der Waals surface area (Å²) < 4.78 is 5.67. The predicted molar refractivity (Wildman–Crippen MR) is 80.4 cm³/mol. The van der Waals surface area contributed by atoms with Crippen LogP contribution in [0.3, 0.4) is 0 Å². The smallest absolute Gasteiger partial charge is 0.121 e. The van der Waals surface area contributed by atoms with Gasteiger partial charge in [-0.2, -0.15) is 0 Å². The van der Waals surface area contributed by atoms with Gasteiger partial charge in [0.2, 0.25) is 0 Å². The van der Waals surface area contributed by atoms with Crippen molar-refractivity contribution in [1.29, 1.82) is 0 Å². The van der Waals surface area contributed by atoms with Gasteiger partial charge in [-0.05, 0) is 43.7 Å². The van der Waals surface area contributed by atoms with Gasteiger partial charge >= 0.3 is 0 Å². The van der Waals surface area contributed by atoms with Gasteiger partial charge in [-0.3, -0.25) is 0 Å². The number of rotatable bonds is 5. The minimum absolute atomic E-state index is 0.187. The van der Waals surface area contributed by atoms with Gasteiger partial charge in [0.25, 0.3) is 0 Å². The first-order chi connectivity index (χ1) is 9.13. The van der Waals surface area contributed by atoms with Crippen LogP contribution in [0, 0.1) is 0 Å². The second-order valence-electron chi connectivity index (χ2n) is 4.79. The normalized spacial score (nSPS) is 10.5. The number of nitrogens with two attached hydrogens (primary N) is 1. The van der Waals surface area contributed by atoms with Gasteiger partial charge in [0.15, 0.2) is 0 Å². The van der Waals surface area contributed by atoms with Crippen LogP contribution in [-0.4, -0.2) is 6.10 Å². The van der Waals surface area contributed by atoms with Gasteiger partial charge in [0.1, 0.15) is 5.75 Å². The van der Waals surface area contributed by atoms with Gasteiger partial charge in [-0.15, -0.1) is 0 Å². The Bertz CT molecular complexity index is 521. The lowest BCUT2D eigenvalue weighted by Crippen LogP contribution is -2.06. The Labute approximate surface area is 114 Å². The fraction of sp³-hybridized carbons (Fsp3) is 0.250. The average Bonchev–Trinajstić information content (AvgIpc) is 2.38. The standard InChI is InChI=1S/C16H20N2O/c1-12(2)19-16-5-3-4-15(10-16)18-11-13-6-8-14(17)9-7-13/h3-10,12,18H,11,17H2,1-2H3. The molecule has 2 aromatic carbocycles. The molecule has 0 spiro atoms. The molecule has 0 unspecified atom stereocenters. The molecule has 19 heavy (non-hydrogen) atoms. The van der Waals surface area contributed by atoms with Crippen molar-refractivity contribution < 1.29 is 4.74 Å². The Morgan fingerprint density at radius 3 is 2.53 bits per heavy atom. The zero-order valence-corrected chi connectivity index (χ0v) is 11.4.